The van der Waals surface area contributed by atoms with Crippen LogP contribution in [-0.4, -0.2) is 96.5 Å². The number of aromatic nitrogens is 3. The fourth-order valence-electron chi connectivity index (χ4n) is 4.36. The van der Waals surface area contributed by atoms with E-state index >= 15 is 0 Å². The van der Waals surface area contributed by atoms with E-state index in [4.69, 9.17) is 14.5 Å². The minimum absolute atomic E-state index is 0.0190. The second-order valence-corrected chi connectivity index (χ2v) is 8.49. The topological polar surface area (TPSA) is 102 Å². The minimum Gasteiger partial charge on any atom is -0.479 e. The Morgan fingerprint density at radius 3 is 2.52 bits per heavy atom. The molecule has 1 saturated heterocycles. The lowest BCUT2D eigenvalue weighted by molar-refractivity contribution is -0.133. The largest absolute Gasteiger partial charge is 0.479 e. The first kappa shape index (κ1) is 24.9. The van der Waals surface area contributed by atoms with Gasteiger partial charge in [0.15, 0.2) is 5.65 Å². The van der Waals surface area contributed by atoms with Gasteiger partial charge in [-0.3, -0.25) is 14.5 Å². The van der Waals surface area contributed by atoms with Gasteiger partial charge in [-0.15, -0.1) is 5.10 Å². The van der Waals surface area contributed by atoms with Crippen LogP contribution in [0, 0.1) is 13.8 Å². The van der Waals surface area contributed by atoms with E-state index in [1.807, 2.05) is 25.8 Å². The van der Waals surface area contributed by atoms with Crippen molar-refractivity contribution in [3.63, 3.8) is 0 Å². The first-order valence-corrected chi connectivity index (χ1v) is 11.5. The summed E-state index contributed by atoms with van der Waals surface area (Å²) in [5.74, 6) is 0.713. The van der Waals surface area contributed by atoms with Gasteiger partial charge in [0.2, 0.25) is 17.7 Å². The van der Waals surface area contributed by atoms with E-state index in [1.165, 1.54) is 0 Å². The van der Waals surface area contributed by atoms with E-state index in [0.717, 1.165) is 34.3 Å². The van der Waals surface area contributed by atoms with Crippen molar-refractivity contribution >= 4 is 22.8 Å². The van der Waals surface area contributed by atoms with Crippen molar-refractivity contribution in [2.24, 2.45) is 7.05 Å². The van der Waals surface area contributed by atoms with Gasteiger partial charge in [-0.25, -0.2) is 9.67 Å². The quantitative estimate of drug-likeness (QED) is 0.524. The third-order valence-corrected chi connectivity index (χ3v) is 6.24. The predicted octanol–water partition coefficient (Wildman–Crippen LogP) is 0.823. The summed E-state index contributed by atoms with van der Waals surface area (Å²) in [6, 6.07) is 0. The zero-order valence-electron chi connectivity index (χ0n) is 20.4. The van der Waals surface area contributed by atoms with Crippen LogP contribution >= 0.6 is 0 Å². The lowest BCUT2D eigenvalue weighted by Crippen LogP contribution is -2.51. The van der Waals surface area contributed by atoms with Gasteiger partial charge in [-0.2, -0.15) is 0 Å². The average Bonchev–Trinajstić information content (AvgIpc) is 3.12. The molecule has 0 radical (unpaired) electrons. The van der Waals surface area contributed by atoms with Crippen molar-refractivity contribution in [3.8, 4) is 5.88 Å². The molecule has 10 heteroatoms. The van der Waals surface area contributed by atoms with Crippen LogP contribution in [0.5, 0.6) is 5.88 Å². The molecule has 2 aromatic rings. The maximum absolute atomic E-state index is 12.9. The molecule has 0 atom stereocenters. The number of fused-ring (bicyclic) bond motifs is 1. The molecule has 2 aromatic heterocycles. The molecule has 1 aliphatic heterocycles. The normalized spacial score (nSPS) is 14.6. The third kappa shape index (κ3) is 6.00. The molecule has 1 aliphatic rings. The Kier molecular flexibility index (Phi) is 8.62. The smallest absolute Gasteiger partial charge is 0.242 e. The van der Waals surface area contributed by atoms with Gasteiger partial charge in [0, 0.05) is 65.6 Å². The van der Waals surface area contributed by atoms with E-state index in [-0.39, 0.29) is 11.8 Å². The van der Waals surface area contributed by atoms with Crippen LogP contribution in [-0.2, 0) is 27.8 Å². The standard InChI is InChI=1S/C23H36N6O4/c1-16-18(17(2)25-22-21(16)23(33-5)26-27(22)3)7-8-20(31)29-12-10-28(11-13-29)15-19(30)24-9-6-14-32-4/h6-15H2,1-5H3,(H,24,30). The van der Waals surface area contributed by atoms with Crippen LogP contribution in [0.25, 0.3) is 11.0 Å². The highest BCUT2D eigenvalue weighted by Crippen LogP contribution is 2.30. The summed E-state index contributed by atoms with van der Waals surface area (Å²) in [5.41, 5.74) is 3.85. The van der Waals surface area contributed by atoms with Crippen LogP contribution in [0.2, 0.25) is 0 Å². The number of carbonyl (C=O) groups excluding carboxylic acids is 2. The number of hydrogen-bond acceptors (Lipinski definition) is 7. The molecule has 0 aromatic carbocycles. The van der Waals surface area contributed by atoms with Gasteiger partial charge in [0.1, 0.15) is 0 Å². The Bertz CT molecular complexity index is 981. The molecule has 1 fully saturated rings. The number of nitrogens with one attached hydrogen (secondary N) is 1. The minimum atomic E-state index is 0.0190. The fraction of sp³-hybridized carbons (Fsp3) is 0.652. The van der Waals surface area contributed by atoms with E-state index in [1.54, 1.807) is 18.9 Å². The molecule has 0 unspecified atom stereocenters. The highest BCUT2D eigenvalue weighted by Gasteiger charge is 2.23. The predicted molar refractivity (Wildman–Crippen MR) is 125 cm³/mol. The van der Waals surface area contributed by atoms with Crippen molar-refractivity contribution in [1.29, 1.82) is 0 Å². The van der Waals surface area contributed by atoms with E-state index in [9.17, 15) is 9.59 Å². The van der Waals surface area contributed by atoms with Gasteiger partial charge in [-0.1, -0.05) is 0 Å². The van der Waals surface area contributed by atoms with Crippen LogP contribution in [0.3, 0.4) is 0 Å². The first-order chi connectivity index (χ1) is 15.8. The Hall–Kier alpha value is -2.72. The van der Waals surface area contributed by atoms with Crippen LogP contribution in [0.4, 0.5) is 0 Å². The molecule has 0 aliphatic carbocycles. The molecule has 1 N–H and O–H groups in total. The van der Waals surface area contributed by atoms with Crippen molar-refractivity contribution in [2.75, 3.05) is 60.1 Å². The van der Waals surface area contributed by atoms with Gasteiger partial charge in [0.05, 0.1) is 19.0 Å². The van der Waals surface area contributed by atoms with Gasteiger partial charge in [0.25, 0.3) is 0 Å². The summed E-state index contributed by atoms with van der Waals surface area (Å²) in [7, 11) is 5.11. The number of hydrogen-bond donors (Lipinski definition) is 1. The second-order valence-electron chi connectivity index (χ2n) is 8.49. The van der Waals surface area contributed by atoms with Crippen molar-refractivity contribution < 1.29 is 19.1 Å². The molecular weight excluding hydrogens is 424 g/mol. The zero-order valence-corrected chi connectivity index (χ0v) is 20.4. The molecule has 0 bridgehead atoms. The zero-order chi connectivity index (χ0) is 24.0. The fourth-order valence-corrected chi connectivity index (χ4v) is 4.36. The number of rotatable bonds is 10. The maximum atomic E-state index is 12.9. The number of nitrogens with zero attached hydrogens (tertiary/aromatic N) is 5. The summed E-state index contributed by atoms with van der Waals surface area (Å²) in [6.07, 6.45) is 1.86. The number of aryl methyl sites for hydroxylation is 3. The van der Waals surface area contributed by atoms with E-state index in [2.05, 4.69) is 15.3 Å². The number of carbonyl (C=O) groups is 2. The number of piperazine rings is 1. The van der Waals surface area contributed by atoms with Crippen molar-refractivity contribution in [3.05, 3.63) is 16.8 Å². The summed E-state index contributed by atoms with van der Waals surface area (Å²) in [4.78, 5) is 33.6. The highest BCUT2D eigenvalue weighted by molar-refractivity contribution is 5.86. The summed E-state index contributed by atoms with van der Waals surface area (Å²) < 4.78 is 12.1. The molecule has 10 nitrogen and oxygen atoms in total. The third-order valence-electron chi connectivity index (χ3n) is 6.24. The van der Waals surface area contributed by atoms with Crippen LogP contribution < -0.4 is 10.1 Å². The van der Waals surface area contributed by atoms with Gasteiger partial charge >= 0.3 is 0 Å². The average molecular weight is 461 g/mol. The monoisotopic (exact) mass is 460 g/mol. The number of pyridine rings is 1. The molecule has 3 heterocycles. The van der Waals surface area contributed by atoms with Crippen molar-refractivity contribution in [1.82, 2.24) is 29.9 Å². The number of methoxy groups -OCH3 is 2. The summed E-state index contributed by atoms with van der Waals surface area (Å²) in [5, 5.41) is 8.20. The van der Waals surface area contributed by atoms with E-state index < -0.39 is 0 Å². The van der Waals surface area contributed by atoms with E-state index in [0.29, 0.717) is 64.6 Å². The van der Waals surface area contributed by atoms with Crippen LogP contribution in [0.1, 0.15) is 29.7 Å². The summed E-state index contributed by atoms with van der Waals surface area (Å²) in [6.45, 7) is 8.33. The number of amides is 2. The Morgan fingerprint density at radius 1 is 1.12 bits per heavy atom. The molecule has 0 spiro atoms. The summed E-state index contributed by atoms with van der Waals surface area (Å²) >= 11 is 0. The molecule has 2 amide bonds. The van der Waals surface area contributed by atoms with Gasteiger partial charge in [-0.05, 0) is 37.8 Å². The Labute approximate surface area is 195 Å². The Morgan fingerprint density at radius 2 is 1.85 bits per heavy atom. The molecule has 33 heavy (non-hydrogen) atoms. The van der Waals surface area contributed by atoms with Crippen molar-refractivity contribution in [2.45, 2.75) is 33.1 Å². The second kappa shape index (κ2) is 11.4. The lowest BCUT2D eigenvalue weighted by atomic mass is 10.00. The maximum Gasteiger partial charge on any atom is 0.242 e. The highest BCUT2D eigenvalue weighted by atomic mass is 16.5. The van der Waals surface area contributed by atoms with Crippen LogP contribution in [0.15, 0.2) is 0 Å². The molecule has 0 saturated carbocycles. The Balaban J connectivity index is 1.51. The van der Waals surface area contributed by atoms with Gasteiger partial charge < -0.3 is 19.7 Å². The SMILES string of the molecule is COCCCNC(=O)CN1CCN(C(=O)CCc2c(C)nc3c(c(OC)nn3C)c2C)CC1. The lowest BCUT2D eigenvalue weighted by Gasteiger charge is -2.34. The first-order valence-electron chi connectivity index (χ1n) is 11.5. The molecule has 3 rings (SSSR count). The number of ether oxygens (including phenoxy) is 2. The molecule has 182 valence electrons. The molecular formula is C23H36N6O4.